The van der Waals surface area contributed by atoms with E-state index < -0.39 is 5.82 Å². The molecule has 1 aromatic carbocycles. The molecule has 2 aromatic rings. The second kappa shape index (κ2) is 7.80. The lowest BCUT2D eigenvalue weighted by molar-refractivity contribution is -0.120. The van der Waals surface area contributed by atoms with E-state index in [4.69, 9.17) is 0 Å². The van der Waals surface area contributed by atoms with Gasteiger partial charge in [0, 0.05) is 23.9 Å². The number of hydrogen-bond acceptors (Lipinski definition) is 3. The fourth-order valence-corrected chi connectivity index (χ4v) is 5.08. The molecule has 6 heteroatoms. The first-order valence-electron chi connectivity index (χ1n) is 9.58. The molecule has 1 aliphatic carbocycles. The number of aryl methyl sites for hydroxylation is 1. The van der Waals surface area contributed by atoms with Crippen LogP contribution in [0.1, 0.15) is 45.8 Å². The second-order valence-electron chi connectivity index (χ2n) is 7.32. The number of likely N-dealkylation sites (tertiary alicyclic amines) is 1. The minimum absolute atomic E-state index is 0.126. The Morgan fingerprint density at radius 3 is 2.70 bits per heavy atom. The lowest BCUT2D eigenvalue weighted by Gasteiger charge is -2.26. The van der Waals surface area contributed by atoms with Gasteiger partial charge in [-0.05, 0) is 62.3 Å². The summed E-state index contributed by atoms with van der Waals surface area (Å²) in [5, 5.41) is 2.71. The average Bonchev–Trinajstić information content (AvgIpc) is 3.13. The van der Waals surface area contributed by atoms with E-state index in [9.17, 15) is 14.0 Å². The van der Waals surface area contributed by atoms with Gasteiger partial charge >= 0.3 is 0 Å². The molecular weight excluding hydrogens is 363 g/mol. The van der Waals surface area contributed by atoms with Crippen LogP contribution < -0.4 is 5.32 Å². The number of amides is 2. The van der Waals surface area contributed by atoms with Crippen molar-refractivity contribution < 1.29 is 14.0 Å². The number of thiophene rings is 1. The topological polar surface area (TPSA) is 49.4 Å². The lowest BCUT2D eigenvalue weighted by Crippen LogP contribution is -2.35. The number of nitrogens with zero attached hydrogens (tertiary/aromatic N) is 1. The van der Waals surface area contributed by atoms with Crippen molar-refractivity contribution in [3.8, 4) is 0 Å². The van der Waals surface area contributed by atoms with Crippen molar-refractivity contribution >= 4 is 28.8 Å². The van der Waals surface area contributed by atoms with Gasteiger partial charge in [-0.15, -0.1) is 11.3 Å². The van der Waals surface area contributed by atoms with Crippen LogP contribution in [0.25, 0.3) is 0 Å². The molecule has 1 atom stereocenters. The van der Waals surface area contributed by atoms with E-state index in [1.54, 1.807) is 29.5 Å². The smallest absolute Gasteiger partial charge is 0.263 e. The summed E-state index contributed by atoms with van der Waals surface area (Å²) in [6.45, 7) is 1.68. The molecule has 1 N–H and O–H groups in total. The van der Waals surface area contributed by atoms with Crippen molar-refractivity contribution in [1.29, 1.82) is 0 Å². The van der Waals surface area contributed by atoms with Crippen LogP contribution in [-0.2, 0) is 17.6 Å². The van der Waals surface area contributed by atoms with Crippen LogP contribution in [-0.4, -0.2) is 29.8 Å². The number of fused-ring (bicyclic) bond motifs is 1. The Morgan fingerprint density at radius 2 is 1.93 bits per heavy atom. The summed E-state index contributed by atoms with van der Waals surface area (Å²) >= 11 is 1.57. The Hall–Kier alpha value is -2.21. The Balaban J connectivity index is 1.44. The summed E-state index contributed by atoms with van der Waals surface area (Å²) in [4.78, 5) is 29.2. The van der Waals surface area contributed by atoms with Crippen LogP contribution in [0.2, 0.25) is 0 Å². The maximum Gasteiger partial charge on any atom is 0.263 e. The second-order valence-corrected chi connectivity index (χ2v) is 8.46. The fraction of sp³-hybridized carbons (Fsp3) is 0.429. The zero-order valence-electron chi connectivity index (χ0n) is 15.2. The number of benzene rings is 1. The minimum atomic E-state index is -0.424. The van der Waals surface area contributed by atoms with Gasteiger partial charge in [-0.25, -0.2) is 4.39 Å². The number of carbonyl (C=O) groups excluding carboxylic acids is 2. The number of carbonyl (C=O) groups is 2. The van der Waals surface area contributed by atoms with Crippen molar-refractivity contribution in [3.05, 3.63) is 51.5 Å². The molecule has 2 amide bonds. The van der Waals surface area contributed by atoms with Crippen LogP contribution in [0.3, 0.4) is 0 Å². The highest BCUT2D eigenvalue weighted by Crippen LogP contribution is 2.34. The Bertz CT molecular complexity index is 858. The molecule has 0 spiro atoms. The van der Waals surface area contributed by atoms with E-state index in [0.29, 0.717) is 6.42 Å². The first-order chi connectivity index (χ1) is 13.1. The molecule has 1 aromatic heterocycles. The predicted molar refractivity (Wildman–Crippen MR) is 105 cm³/mol. The van der Waals surface area contributed by atoms with Crippen molar-refractivity contribution in [1.82, 2.24) is 4.90 Å². The Kier molecular flexibility index (Phi) is 5.25. The van der Waals surface area contributed by atoms with E-state index in [1.165, 1.54) is 17.4 Å². The third kappa shape index (κ3) is 3.90. The third-order valence-electron chi connectivity index (χ3n) is 5.44. The highest BCUT2D eigenvalue weighted by Gasteiger charge is 2.29. The van der Waals surface area contributed by atoms with Gasteiger partial charge < -0.3 is 10.2 Å². The molecule has 2 aliphatic rings. The molecule has 2 heterocycles. The van der Waals surface area contributed by atoms with Gasteiger partial charge in [0.1, 0.15) is 5.82 Å². The highest BCUT2D eigenvalue weighted by atomic mass is 32.1. The maximum atomic E-state index is 13.8. The number of rotatable bonds is 3. The molecule has 142 valence electrons. The van der Waals surface area contributed by atoms with E-state index in [0.717, 1.165) is 49.2 Å². The van der Waals surface area contributed by atoms with E-state index in [1.807, 2.05) is 11.0 Å². The zero-order valence-corrected chi connectivity index (χ0v) is 16.0. The van der Waals surface area contributed by atoms with Gasteiger partial charge in [-0.2, -0.15) is 0 Å². The molecule has 27 heavy (non-hydrogen) atoms. The van der Waals surface area contributed by atoms with Gasteiger partial charge in [0.05, 0.1) is 10.6 Å². The molecule has 1 aliphatic heterocycles. The largest absolute Gasteiger partial charge is 0.338 e. The van der Waals surface area contributed by atoms with Gasteiger partial charge in [0.2, 0.25) is 5.91 Å². The minimum Gasteiger partial charge on any atom is -0.338 e. The van der Waals surface area contributed by atoms with Crippen LogP contribution in [0.15, 0.2) is 30.3 Å². The Labute approximate surface area is 162 Å². The SMILES string of the molecule is O=C(Nc1ccccc1F)C1CCc2sc(C(=O)N3CCCCC3)cc2C1. The molecule has 1 fully saturated rings. The van der Waals surface area contributed by atoms with Gasteiger partial charge in [-0.3, -0.25) is 9.59 Å². The monoisotopic (exact) mass is 386 g/mol. The first-order valence-corrected chi connectivity index (χ1v) is 10.4. The van der Waals surface area contributed by atoms with Gasteiger partial charge in [-0.1, -0.05) is 12.1 Å². The van der Waals surface area contributed by atoms with Crippen molar-refractivity contribution in [2.75, 3.05) is 18.4 Å². The summed E-state index contributed by atoms with van der Waals surface area (Å²) < 4.78 is 13.8. The van der Waals surface area contributed by atoms with E-state index in [-0.39, 0.29) is 23.4 Å². The summed E-state index contributed by atoms with van der Waals surface area (Å²) in [7, 11) is 0. The first kappa shape index (κ1) is 18.2. The van der Waals surface area contributed by atoms with Crippen molar-refractivity contribution in [2.24, 2.45) is 5.92 Å². The lowest BCUT2D eigenvalue weighted by atomic mass is 9.87. The highest BCUT2D eigenvalue weighted by molar-refractivity contribution is 7.14. The fourth-order valence-electron chi connectivity index (χ4n) is 3.90. The van der Waals surface area contributed by atoms with Crippen LogP contribution >= 0.6 is 11.3 Å². The molecular formula is C21H23FN2O2S. The van der Waals surface area contributed by atoms with Crippen molar-refractivity contribution in [2.45, 2.75) is 38.5 Å². The van der Waals surface area contributed by atoms with Crippen LogP contribution in [0.4, 0.5) is 10.1 Å². The summed E-state index contributed by atoms with van der Waals surface area (Å²) in [5.41, 5.74) is 1.32. The number of halogens is 1. The van der Waals surface area contributed by atoms with Gasteiger partial charge in [0.15, 0.2) is 0 Å². The summed E-state index contributed by atoms with van der Waals surface area (Å²) in [5.74, 6) is -0.640. The maximum absolute atomic E-state index is 13.8. The number of piperidine rings is 1. The van der Waals surface area contributed by atoms with E-state index >= 15 is 0 Å². The van der Waals surface area contributed by atoms with Gasteiger partial charge in [0.25, 0.3) is 5.91 Å². The number of hydrogen-bond donors (Lipinski definition) is 1. The Morgan fingerprint density at radius 1 is 1.15 bits per heavy atom. The average molecular weight is 386 g/mol. The molecule has 4 rings (SSSR count). The summed E-state index contributed by atoms with van der Waals surface area (Å²) in [6, 6.07) is 8.19. The quantitative estimate of drug-likeness (QED) is 0.857. The molecule has 0 radical (unpaired) electrons. The number of para-hydroxylation sites is 1. The van der Waals surface area contributed by atoms with Crippen LogP contribution in [0, 0.1) is 11.7 Å². The normalized spacial score (nSPS) is 19.4. The molecule has 4 nitrogen and oxygen atoms in total. The third-order valence-corrected chi connectivity index (χ3v) is 6.66. The zero-order chi connectivity index (χ0) is 18.8. The molecule has 1 saturated heterocycles. The van der Waals surface area contributed by atoms with Crippen molar-refractivity contribution in [3.63, 3.8) is 0 Å². The molecule has 0 saturated carbocycles. The molecule has 1 unspecified atom stereocenters. The summed E-state index contributed by atoms with van der Waals surface area (Å²) in [6.07, 6.45) is 5.49. The molecule has 0 bridgehead atoms. The number of anilines is 1. The van der Waals surface area contributed by atoms with Crippen LogP contribution in [0.5, 0.6) is 0 Å². The van der Waals surface area contributed by atoms with E-state index in [2.05, 4.69) is 5.32 Å². The number of nitrogens with one attached hydrogen (secondary N) is 1. The predicted octanol–water partition coefficient (Wildman–Crippen LogP) is 4.26. The standard InChI is InChI=1S/C21H23FN2O2S/c22-16-6-2-3-7-17(16)23-20(25)14-8-9-18-15(12-14)13-19(27-18)21(26)24-10-4-1-5-11-24/h2-3,6-7,13-14H,1,4-5,8-12H2,(H,23,25).